The highest BCUT2D eigenvalue weighted by Gasteiger charge is 2.47. The third kappa shape index (κ3) is 3.75. The van der Waals surface area contributed by atoms with E-state index in [1.54, 1.807) is 0 Å². The van der Waals surface area contributed by atoms with Crippen molar-refractivity contribution in [2.45, 2.75) is 26.7 Å². The highest BCUT2D eigenvalue weighted by molar-refractivity contribution is 6.31. The molecule has 1 N–H and O–H groups in total. The van der Waals surface area contributed by atoms with Crippen molar-refractivity contribution < 1.29 is 37.0 Å². The average molecular weight is 395 g/mol. The zero-order valence-corrected chi connectivity index (χ0v) is 15.2. The second-order valence-electron chi connectivity index (χ2n) is 4.86. The molecule has 0 unspecified atom stereocenters. The molecule has 0 atom stereocenters. The Kier molecular flexibility index (Phi) is 6.97. The number of benzene rings is 1. The molecule has 0 amide bonds. The molecule has 0 saturated carbocycles. The summed E-state index contributed by atoms with van der Waals surface area (Å²) in [5, 5.41) is 9.37. The molecular formula is C17H17ClF4NO3+. The number of halogens is 5. The topological polar surface area (TPSA) is 50.4 Å². The Bertz CT molecular complexity index is 828. The van der Waals surface area contributed by atoms with Crippen LogP contribution in [0.1, 0.15) is 25.0 Å². The number of alkyl halides is 2. The molecule has 0 aliphatic carbocycles. The maximum Gasteiger partial charge on any atom is 0.381 e. The quantitative estimate of drug-likeness (QED) is 0.363. The first-order valence-electron chi connectivity index (χ1n) is 7.48. The van der Waals surface area contributed by atoms with E-state index in [2.05, 4.69) is 4.74 Å². The molecule has 1 aromatic heterocycles. The van der Waals surface area contributed by atoms with Gasteiger partial charge in [-0.3, -0.25) is 5.21 Å². The molecule has 0 aliphatic rings. The average Bonchev–Trinajstić information content (AvgIpc) is 2.62. The van der Waals surface area contributed by atoms with E-state index in [4.69, 9.17) is 11.6 Å². The molecule has 26 heavy (non-hydrogen) atoms. The van der Waals surface area contributed by atoms with Crippen LogP contribution < -0.4 is 4.73 Å². The van der Waals surface area contributed by atoms with Crippen LogP contribution in [0.2, 0.25) is 5.02 Å². The second-order valence-corrected chi connectivity index (χ2v) is 5.24. The maximum absolute atomic E-state index is 14.5. The number of rotatable bonds is 3. The van der Waals surface area contributed by atoms with Gasteiger partial charge in [0.1, 0.15) is 0 Å². The van der Waals surface area contributed by atoms with E-state index in [1.807, 2.05) is 13.8 Å². The Balaban J connectivity index is 0.00000163. The Labute approximate surface area is 152 Å². The van der Waals surface area contributed by atoms with Crippen molar-refractivity contribution in [3.8, 4) is 11.3 Å². The minimum Gasteiger partial charge on any atom is -0.464 e. The van der Waals surface area contributed by atoms with Gasteiger partial charge in [-0.05, 0) is 18.6 Å². The van der Waals surface area contributed by atoms with Crippen LogP contribution in [0.3, 0.4) is 0 Å². The Morgan fingerprint density at radius 2 is 1.77 bits per heavy atom. The number of nitrogens with zero attached hydrogens (tertiary/aromatic N) is 1. The third-order valence-electron chi connectivity index (χ3n) is 3.37. The predicted octanol–water partition coefficient (Wildman–Crippen LogP) is 4.41. The minimum absolute atomic E-state index is 0.121. The summed E-state index contributed by atoms with van der Waals surface area (Å²) in [4.78, 5) is 11.2. The summed E-state index contributed by atoms with van der Waals surface area (Å²) in [5.74, 6) is -9.11. The molecule has 0 aliphatic heterocycles. The van der Waals surface area contributed by atoms with Gasteiger partial charge in [-0.1, -0.05) is 31.5 Å². The van der Waals surface area contributed by atoms with Crippen LogP contribution in [0.15, 0.2) is 24.4 Å². The fourth-order valence-corrected chi connectivity index (χ4v) is 2.24. The Morgan fingerprint density at radius 1 is 1.19 bits per heavy atom. The zero-order valence-electron chi connectivity index (χ0n) is 14.4. The van der Waals surface area contributed by atoms with Crippen LogP contribution in [0.4, 0.5) is 17.6 Å². The van der Waals surface area contributed by atoms with E-state index in [1.165, 1.54) is 13.0 Å². The lowest BCUT2D eigenvalue weighted by molar-refractivity contribution is -0.897. The van der Waals surface area contributed by atoms with Gasteiger partial charge in [0.05, 0.1) is 23.3 Å². The minimum atomic E-state index is -4.33. The van der Waals surface area contributed by atoms with Crippen LogP contribution in [-0.2, 0) is 15.5 Å². The number of ether oxygens (including phenoxy) is 1. The molecule has 9 heteroatoms. The largest absolute Gasteiger partial charge is 0.464 e. The summed E-state index contributed by atoms with van der Waals surface area (Å²) in [7, 11) is 0.712. The summed E-state index contributed by atoms with van der Waals surface area (Å²) in [6, 6.07) is 2.89. The Morgan fingerprint density at radius 3 is 2.31 bits per heavy atom. The van der Waals surface area contributed by atoms with Gasteiger partial charge < -0.3 is 4.74 Å². The van der Waals surface area contributed by atoms with E-state index in [-0.39, 0.29) is 9.75 Å². The van der Waals surface area contributed by atoms with Gasteiger partial charge in [-0.25, -0.2) is 9.18 Å². The molecule has 2 aromatic rings. The molecule has 142 valence electrons. The van der Waals surface area contributed by atoms with E-state index in [0.29, 0.717) is 24.9 Å². The number of hydrogen-bond acceptors (Lipinski definition) is 3. The van der Waals surface area contributed by atoms with Crippen LogP contribution in [-0.4, -0.2) is 18.3 Å². The number of aryl methyl sites for hydroxylation is 1. The zero-order chi connectivity index (χ0) is 20.2. The number of methoxy groups -OCH3 is 1. The molecule has 0 saturated heterocycles. The van der Waals surface area contributed by atoms with Crippen LogP contribution >= 0.6 is 11.6 Å². The van der Waals surface area contributed by atoms with Crippen molar-refractivity contribution >= 4 is 17.6 Å². The van der Waals surface area contributed by atoms with E-state index in [9.17, 15) is 27.6 Å². The van der Waals surface area contributed by atoms with E-state index >= 15 is 0 Å². The van der Waals surface area contributed by atoms with Gasteiger partial charge >= 0.3 is 17.6 Å². The number of hydrogen-bond donors (Lipinski definition) is 1. The second kappa shape index (κ2) is 8.35. The molecule has 0 spiro atoms. The fourth-order valence-electron chi connectivity index (χ4n) is 2.07. The highest BCUT2D eigenvalue weighted by atomic mass is 35.5. The lowest BCUT2D eigenvalue weighted by Crippen LogP contribution is -2.37. The van der Waals surface area contributed by atoms with Crippen molar-refractivity contribution in [1.29, 1.82) is 0 Å². The molecule has 4 nitrogen and oxygen atoms in total. The molecule has 0 fully saturated rings. The summed E-state index contributed by atoms with van der Waals surface area (Å²) >= 11 is 5.73. The molecule has 0 bridgehead atoms. The summed E-state index contributed by atoms with van der Waals surface area (Å²) < 4.78 is 60.8. The van der Waals surface area contributed by atoms with Gasteiger partial charge in [0.15, 0.2) is 5.82 Å². The van der Waals surface area contributed by atoms with Crippen molar-refractivity contribution in [3.05, 3.63) is 52.2 Å². The highest BCUT2D eigenvalue weighted by Crippen LogP contribution is 2.36. The number of carbonyl (C=O) groups is 1. The van der Waals surface area contributed by atoms with Crippen molar-refractivity contribution in [3.63, 3.8) is 0 Å². The summed E-state index contributed by atoms with van der Waals surface area (Å²) in [6.07, 6.45) is 0.651. The SMILES string of the molecule is CC.COC(=O)C(F)(F)c1cc[n+](O)c(-c2ccc(C)c(Cl)c2F)c1F. The van der Waals surface area contributed by atoms with Gasteiger partial charge in [0, 0.05) is 10.8 Å². The maximum atomic E-state index is 14.5. The van der Waals surface area contributed by atoms with Gasteiger partial charge in [0.2, 0.25) is 12.0 Å². The van der Waals surface area contributed by atoms with E-state index in [0.717, 1.165) is 6.07 Å². The summed E-state index contributed by atoms with van der Waals surface area (Å²) in [6.45, 7) is 5.49. The monoisotopic (exact) mass is 394 g/mol. The summed E-state index contributed by atoms with van der Waals surface area (Å²) in [5.41, 5.74) is -2.49. The fraction of sp³-hybridized carbons (Fsp3) is 0.294. The van der Waals surface area contributed by atoms with Crippen LogP contribution in [0.5, 0.6) is 0 Å². The normalized spacial score (nSPS) is 10.8. The van der Waals surface area contributed by atoms with Crippen molar-refractivity contribution in [2.24, 2.45) is 0 Å². The first-order chi connectivity index (χ1) is 12.1. The van der Waals surface area contributed by atoms with Crippen molar-refractivity contribution in [1.82, 2.24) is 0 Å². The number of carbonyl (C=O) groups excluding carboxylic acids is 1. The third-order valence-corrected chi connectivity index (χ3v) is 3.83. The van der Waals surface area contributed by atoms with Gasteiger partial charge in [-0.15, -0.1) is 0 Å². The van der Waals surface area contributed by atoms with E-state index < -0.39 is 40.3 Å². The van der Waals surface area contributed by atoms with Gasteiger partial charge in [0.25, 0.3) is 0 Å². The lowest BCUT2D eigenvalue weighted by Gasteiger charge is -2.14. The van der Waals surface area contributed by atoms with Gasteiger partial charge in [-0.2, -0.15) is 13.2 Å². The molecule has 2 rings (SSSR count). The van der Waals surface area contributed by atoms with Crippen LogP contribution in [0, 0.1) is 18.6 Å². The molecule has 1 aromatic carbocycles. The lowest BCUT2D eigenvalue weighted by atomic mass is 10.0. The predicted molar refractivity (Wildman–Crippen MR) is 86.2 cm³/mol. The molecule has 1 heterocycles. The molecular weight excluding hydrogens is 378 g/mol. The number of esters is 1. The standard InChI is InChI=1S/C15H11ClF4NO3.C2H6/c1-7-3-4-8(11(17)10(7)16)13-12(18)9(5-6-21(13)23)15(19,20)14(22)24-2;1-2/h3-6,23H,1-2H3;1-2H3/q+1;. The Hall–Kier alpha value is -2.35. The number of pyridine rings is 1. The first kappa shape index (κ1) is 21.7. The number of aromatic nitrogens is 1. The van der Waals surface area contributed by atoms with Crippen molar-refractivity contribution in [2.75, 3.05) is 7.11 Å². The smallest absolute Gasteiger partial charge is 0.381 e. The van der Waals surface area contributed by atoms with Crippen LogP contribution in [0.25, 0.3) is 11.3 Å². The molecule has 0 radical (unpaired) electrons. The first-order valence-corrected chi connectivity index (χ1v) is 7.85.